The molecule has 108 valence electrons. The third-order valence-electron chi connectivity index (χ3n) is 3.67. The summed E-state index contributed by atoms with van der Waals surface area (Å²) >= 11 is 0. The van der Waals surface area contributed by atoms with Crippen LogP contribution in [0.15, 0.2) is 36.4 Å². The van der Waals surface area contributed by atoms with Crippen LogP contribution in [0.3, 0.4) is 0 Å². The second-order valence-corrected chi connectivity index (χ2v) is 5.00. The van der Waals surface area contributed by atoms with E-state index in [0.717, 1.165) is 23.6 Å². The number of carbonyl (C=O) groups is 1. The van der Waals surface area contributed by atoms with E-state index in [4.69, 9.17) is 10.5 Å². The number of primary amides is 1. The zero-order valence-corrected chi connectivity index (χ0v) is 11.1. The molecule has 5 heteroatoms. The van der Waals surface area contributed by atoms with Gasteiger partial charge in [-0.2, -0.15) is 0 Å². The van der Waals surface area contributed by atoms with Crippen molar-refractivity contribution in [1.82, 2.24) is 0 Å². The first-order valence-corrected chi connectivity index (χ1v) is 6.59. The molecule has 0 aromatic heterocycles. The Morgan fingerprint density at radius 1 is 1.19 bits per heavy atom. The third kappa shape index (κ3) is 2.59. The van der Waals surface area contributed by atoms with Gasteiger partial charge in [0.1, 0.15) is 17.7 Å². The van der Waals surface area contributed by atoms with Gasteiger partial charge < -0.3 is 10.5 Å². The largest absolute Gasteiger partial charge is 0.441 e. The van der Waals surface area contributed by atoms with Crippen LogP contribution in [0.25, 0.3) is 11.1 Å². The standard InChI is InChI=1S/C16H13F2NO2/c17-11-4-5-12(14(18)8-11)10-2-1-9-3-6-15(13(9)7-10)21-16(19)20/h1-2,4-5,7-8,15H,3,6H2,(H2,19,20). The van der Waals surface area contributed by atoms with Gasteiger partial charge in [0.25, 0.3) is 0 Å². The molecule has 2 aromatic carbocycles. The van der Waals surface area contributed by atoms with E-state index >= 15 is 0 Å². The molecule has 3 nitrogen and oxygen atoms in total. The molecule has 3 rings (SSSR count). The molecule has 0 aliphatic heterocycles. The van der Waals surface area contributed by atoms with Crippen LogP contribution < -0.4 is 5.73 Å². The van der Waals surface area contributed by atoms with Gasteiger partial charge in [-0.05, 0) is 47.7 Å². The van der Waals surface area contributed by atoms with Crippen molar-refractivity contribution < 1.29 is 18.3 Å². The van der Waals surface area contributed by atoms with E-state index in [1.165, 1.54) is 12.1 Å². The number of amides is 1. The van der Waals surface area contributed by atoms with Gasteiger partial charge >= 0.3 is 6.09 Å². The van der Waals surface area contributed by atoms with Gasteiger partial charge in [0.2, 0.25) is 0 Å². The van der Waals surface area contributed by atoms with Crippen molar-refractivity contribution >= 4 is 6.09 Å². The van der Waals surface area contributed by atoms with Crippen molar-refractivity contribution in [3.05, 3.63) is 59.2 Å². The smallest absolute Gasteiger partial charge is 0.405 e. The minimum atomic E-state index is -0.828. The number of ether oxygens (including phenoxy) is 1. The number of halogens is 2. The summed E-state index contributed by atoms with van der Waals surface area (Å²) < 4.78 is 31.9. The number of carbonyl (C=O) groups excluding carboxylic acids is 1. The molecule has 1 aliphatic carbocycles. The fraction of sp³-hybridized carbons (Fsp3) is 0.188. The highest BCUT2D eigenvalue weighted by Gasteiger charge is 2.25. The quantitative estimate of drug-likeness (QED) is 0.916. The predicted molar refractivity (Wildman–Crippen MR) is 73.5 cm³/mol. The Labute approximate surface area is 120 Å². The Kier molecular flexibility index (Phi) is 3.33. The van der Waals surface area contributed by atoms with E-state index in [9.17, 15) is 13.6 Å². The summed E-state index contributed by atoms with van der Waals surface area (Å²) in [6.45, 7) is 0. The SMILES string of the molecule is NC(=O)OC1CCc2ccc(-c3ccc(F)cc3F)cc21. The van der Waals surface area contributed by atoms with Gasteiger partial charge in [-0.15, -0.1) is 0 Å². The number of rotatable bonds is 2. The third-order valence-corrected chi connectivity index (χ3v) is 3.67. The molecule has 2 aromatic rings. The van der Waals surface area contributed by atoms with Gasteiger partial charge in [-0.25, -0.2) is 13.6 Å². The van der Waals surface area contributed by atoms with Gasteiger partial charge in [-0.1, -0.05) is 12.1 Å². The number of aryl methyl sites for hydroxylation is 1. The van der Waals surface area contributed by atoms with Crippen LogP contribution in [0.5, 0.6) is 0 Å². The van der Waals surface area contributed by atoms with E-state index in [0.29, 0.717) is 17.5 Å². The van der Waals surface area contributed by atoms with Crippen LogP contribution in [0, 0.1) is 11.6 Å². The molecule has 1 atom stereocenters. The molecular weight excluding hydrogens is 276 g/mol. The van der Waals surface area contributed by atoms with Crippen molar-refractivity contribution in [2.75, 3.05) is 0 Å². The Morgan fingerprint density at radius 2 is 2.00 bits per heavy atom. The number of fused-ring (bicyclic) bond motifs is 1. The minimum absolute atomic E-state index is 0.309. The van der Waals surface area contributed by atoms with Crippen LogP contribution in [-0.4, -0.2) is 6.09 Å². The second-order valence-electron chi connectivity index (χ2n) is 5.00. The minimum Gasteiger partial charge on any atom is -0.441 e. The van der Waals surface area contributed by atoms with Crippen LogP contribution in [-0.2, 0) is 11.2 Å². The maximum absolute atomic E-state index is 13.8. The average molecular weight is 289 g/mol. The van der Waals surface area contributed by atoms with E-state index < -0.39 is 23.8 Å². The summed E-state index contributed by atoms with van der Waals surface area (Å²) in [7, 11) is 0. The normalized spacial score (nSPS) is 16.6. The van der Waals surface area contributed by atoms with E-state index in [1.807, 2.05) is 6.07 Å². The first-order chi connectivity index (χ1) is 10.0. The topological polar surface area (TPSA) is 52.3 Å². The Morgan fingerprint density at radius 3 is 2.71 bits per heavy atom. The first-order valence-electron chi connectivity index (χ1n) is 6.59. The lowest BCUT2D eigenvalue weighted by atomic mass is 9.99. The number of benzene rings is 2. The highest BCUT2D eigenvalue weighted by Crippen LogP contribution is 2.37. The molecule has 1 unspecified atom stereocenters. The summed E-state index contributed by atoms with van der Waals surface area (Å²) in [6, 6.07) is 8.88. The van der Waals surface area contributed by atoms with Crippen molar-refractivity contribution in [3.8, 4) is 11.1 Å². The highest BCUT2D eigenvalue weighted by molar-refractivity contribution is 5.68. The molecular formula is C16H13F2NO2. The summed E-state index contributed by atoms with van der Waals surface area (Å²) in [5.41, 5.74) is 7.86. The Hall–Kier alpha value is -2.43. The van der Waals surface area contributed by atoms with Crippen molar-refractivity contribution in [1.29, 1.82) is 0 Å². The number of nitrogens with two attached hydrogens (primary N) is 1. The molecule has 0 heterocycles. The molecule has 21 heavy (non-hydrogen) atoms. The summed E-state index contributed by atoms with van der Waals surface area (Å²) in [5.74, 6) is -1.24. The first kappa shape index (κ1) is 13.5. The molecule has 0 saturated carbocycles. The van der Waals surface area contributed by atoms with E-state index in [1.54, 1.807) is 12.1 Å². The zero-order valence-electron chi connectivity index (χ0n) is 11.1. The molecule has 1 aliphatic rings. The lowest BCUT2D eigenvalue weighted by Crippen LogP contribution is -2.15. The predicted octanol–water partition coefficient (Wildman–Crippen LogP) is 3.71. The maximum Gasteiger partial charge on any atom is 0.405 e. The van der Waals surface area contributed by atoms with Gasteiger partial charge in [0.15, 0.2) is 0 Å². The lowest BCUT2D eigenvalue weighted by Gasteiger charge is -2.13. The number of hydrogen-bond acceptors (Lipinski definition) is 2. The number of hydrogen-bond donors (Lipinski definition) is 1. The summed E-state index contributed by atoms with van der Waals surface area (Å²) in [4.78, 5) is 10.9. The lowest BCUT2D eigenvalue weighted by molar-refractivity contribution is 0.107. The van der Waals surface area contributed by atoms with Crippen LogP contribution in [0.1, 0.15) is 23.7 Å². The van der Waals surface area contributed by atoms with Crippen molar-refractivity contribution in [3.63, 3.8) is 0 Å². The molecule has 0 saturated heterocycles. The summed E-state index contributed by atoms with van der Waals surface area (Å²) in [5, 5.41) is 0. The Bertz CT molecular complexity index is 715. The van der Waals surface area contributed by atoms with E-state index in [-0.39, 0.29) is 0 Å². The summed E-state index contributed by atoms with van der Waals surface area (Å²) in [6.07, 6.45) is 0.208. The van der Waals surface area contributed by atoms with Crippen LogP contribution in [0.4, 0.5) is 13.6 Å². The van der Waals surface area contributed by atoms with Gasteiger partial charge in [-0.3, -0.25) is 0 Å². The highest BCUT2D eigenvalue weighted by atomic mass is 19.1. The van der Waals surface area contributed by atoms with Crippen LogP contribution in [0.2, 0.25) is 0 Å². The monoisotopic (exact) mass is 289 g/mol. The van der Waals surface area contributed by atoms with Crippen LogP contribution >= 0.6 is 0 Å². The molecule has 2 N–H and O–H groups in total. The van der Waals surface area contributed by atoms with Gasteiger partial charge in [0, 0.05) is 11.6 Å². The molecule has 0 fully saturated rings. The zero-order chi connectivity index (χ0) is 15.0. The Balaban J connectivity index is 2.01. The van der Waals surface area contributed by atoms with Gasteiger partial charge in [0.05, 0.1) is 0 Å². The van der Waals surface area contributed by atoms with Crippen molar-refractivity contribution in [2.45, 2.75) is 18.9 Å². The van der Waals surface area contributed by atoms with Crippen molar-refractivity contribution in [2.24, 2.45) is 5.73 Å². The molecule has 0 spiro atoms. The van der Waals surface area contributed by atoms with E-state index in [2.05, 4.69) is 0 Å². The maximum atomic E-state index is 13.8. The fourth-order valence-electron chi connectivity index (χ4n) is 2.72. The fourth-order valence-corrected chi connectivity index (χ4v) is 2.72. The second kappa shape index (κ2) is 5.16. The molecule has 1 amide bonds. The average Bonchev–Trinajstić information content (AvgIpc) is 2.80. The molecule has 0 radical (unpaired) electrons. The molecule has 0 bridgehead atoms.